The Morgan fingerprint density at radius 2 is 2.30 bits per heavy atom. The molecule has 1 amide bonds. The molecule has 1 fully saturated rings. The maximum absolute atomic E-state index is 11.8. The first kappa shape index (κ1) is 15.9. The van der Waals surface area contributed by atoms with Gasteiger partial charge in [0.1, 0.15) is 12.2 Å². The third-order valence-electron chi connectivity index (χ3n) is 3.11. The Morgan fingerprint density at radius 1 is 1.55 bits per heavy atom. The summed E-state index contributed by atoms with van der Waals surface area (Å²) >= 11 is 0. The van der Waals surface area contributed by atoms with Crippen LogP contribution in [-0.2, 0) is 4.79 Å². The standard InChI is InChI=1S/C14H21N5O/c1-5-7-14(20)18-9-6-8-13(10-18)19(16-4)12(2)17-11-15-3/h11,13H,4,6,8-10H2,1-3H3/t13-/m1/s1. The molecule has 0 aliphatic carbocycles. The van der Waals surface area contributed by atoms with Gasteiger partial charge in [0.2, 0.25) is 0 Å². The van der Waals surface area contributed by atoms with Gasteiger partial charge in [0.25, 0.3) is 5.91 Å². The van der Waals surface area contributed by atoms with Crippen LogP contribution < -0.4 is 0 Å². The van der Waals surface area contributed by atoms with Gasteiger partial charge in [0.05, 0.1) is 6.04 Å². The first-order chi connectivity index (χ1) is 9.63. The van der Waals surface area contributed by atoms with Crippen molar-refractivity contribution >= 4 is 24.8 Å². The average Bonchev–Trinajstić information content (AvgIpc) is 2.46. The Hall–Kier alpha value is -2.16. The van der Waals surface area contributed by atoms with Gasteiger partial charge in [-0.05, 0) is 32.6 Å². The number of carbonyl (C=O) groups is 1. The Morgan fingerprint density at radius 3 is 2.90 bits per heavy atom. The van der Waals surface area contributed by atoms with Gasteiger partial charge in [-0.1, -0.05) is 5.92 Å². The van der Waals surface area contributed by atoms with Crippen molar-refractivity contribution in [2.24, 2.45) is 15.1 Å². The molecule has 0 aromatic rings. The number of hydrogen-bond acceptors (Lipinski definition) is 3. The number of amidine groups is 1. The largest absolute Gasteiger partial charge is 0.330 e. The molecule has 1 saturated heterocycles. The molecule has 1 rings (SSSR count). The first-order valence-electron chi connectivity index (χ1n) is 6.56. The van der Waals surface area contributed by atoms with Crippen molar-refractivity contribution in [3.8, 4) is 11.8 Å². The van der Waals surface area contributed by atoms with Crippen LogP contribution in [0.25, 0.3) is 0 Å². The van der Waals surface area contributed by atoms with Crippen LogP contribution in [0, 0.1) is 11.8 Å². The quantitative estimate of drug-likeness (QED) is 0.334. The average molecular weight is 275 g/mol. The fourth-order valence-electron chi connectivity index (χ4n) is 2.21. The van der Waals surface area contributed by atoms with Crippen LogP contribution in [0.2, 0.25) is 0 Å². The van der Waals surface area contributed by atoms with Gasteiger partial charge in [-0.25, -0.2) is 10.0 Å². The van der Waals surface area contributed by atoms with Crippen molar-refractivity contribution in [3.63, 3.8) is 0 Å². The number of hydrogen-bond donors (Lipinski definition) is 0. The van der Waals surface area contributed by atoms with Crippen LogP contribution in [-0.4, -0.2) is 60.9 Å². The molecule has 0 aromatic heterocycles. The number of piperidine rings is 1. The molecule has 0 unspecified atom stereocenters. The number of rotatable bonds is 3. The lowest BCUT2D eigenvalue weighted by Gasteiger charge is -2.36. The third kappa shape index (κ3) is 4.19. The van der Waals surface area contributed by atoms with E-state index in [-0.39, 0.29) is 11.9 Å². The Kier molecular flexibility index (Phi) is 6.44. The summed E-state index contributed by atoms with van der Waals surface area (Å²) in [6.07, 6.45) is 3.34. The van der Waals surface area contributed by atoms with Gasteiger partial charge in [0, 0.05) is 26.9 Å². The normalized spacial score (nSPS) is 19.4. The number of carbonyl (C=O) groups excluding carboxylic acids is 1. The molecular weight excluding hydrogens is 254 g/mol. The van der Waals surface area contributed by atoms with E-state index in [1.54, 1.807) is 23.9 Å². The summed E-state index contributed by atoms with van der Waals surface area (Å²) in [7, 11) is 1.66. The predicted molar refractivity (Wildman–Crippen MR) is 82.0 cm³/mol. The lowest BCUT2D eigenvalue weighted by Crippen LogP contribution is -2.49. The molecule has 0 N–H and O–H groups in total. The van der Waals surface area contributed by atoms with Gasteiger partial charge in [0.15, 0.2) is 0 Å². The molecule has 0 spiro atoms. The highest BCUT2D eigenvalue weighted by molar-refractivity contribution is 5.93. The molecule has 6 heteroatoms. The fraction of sp³-hybridized carbons (Fsp3) is 0.571. The molecule has 6 nitrogen and oxygen atoms in total. The molecule has 0 radical (unpaired) electrons. The van der Waals surface area contributed by atoms with E-state index < -0.39 is 0 Å². The molecule has 20 heavy (non-hydrogen) atoms. The van der Waals surface area contributed by atoms with Crippen molar-refractivity contribution < 1.29 is 4.79 Å². The number of amides is 1. The minimum Gasteiger partial charge on any atom is -0.330 e. The van der Waals surface area contributed by atoms with E-state index in [4.69, 9.17) is 0 Å². The van der Waals surface area contributed by atoms with E-state index in [0.29, 0.717) is 12.4 Å². The van der Waals surface area contributed by atoms with Gasteiger partial charge in [-0.2, -0.15) is 5.10 Å². The number of aliphatic imine (C=N–C) groups is 2. The van der Waals surface area contributed by atoms with Gasteiger partial charge in [-0.3, -0.25) is 9.79 Å². The lowest BCUT2D eigenvalue weighted by atomic mass is 10.0. The molecule has 0 bridgehead atoms. The lowest BCUT2D eigenvalue weighted by molar-refractivity contribution is -0.126. The summed E-state index contributed by atoms with van der Waals surface area (Å²) in [5, 5.41) is 5.77. The van der Waals surface area contributed by atoms with E-state index >= 15 is 0 Å². The summed E-state index contributed by atoms with van der Waals surface area (Å²) in [5.74, 6) is 5.80. The molecule has 108 valence electrons. The molecule has 1 aliphatic rings. The molecule has 1 aliphatic heterocycles. The Bertz CT molecular complexity index is 472. The van der Waals surface area contributed by atoms with Gasteiger partial charge < -0.3 is 4.90 Å². The minimum absolute atomic E-state index is 0.0814. The topological polar surface area (TPSA) is 60.6 Å². The zero-order valence-corrected chi connectivity index (χ0v) is 12.3. The van der Waals surface area contributed by atoms with Crippen molar-refractivity contribution in [2.45, 2.75) is 32.7 Å². The highest BCUT2D eigenvalue weighted by Crippen LogP contribution is 2.17. The third-order valence-corrected chi connectivity index (χ3v) is 3.11. The van der Waals surface area contributed by atoms with E-state index in [0.717, 1.165) is 19.4 Å². The summed E-state index contributed by atoms with van der Waals surface area (Å²) in [5.41, 5.74) is 0. The van der Waals surface area contributed by atoms with Crippen LogP contribution >= 0.6 is 0 Å². The molecule has 0 saturated carbocycles. The van der Waals surface area contributed by atoms with Gasteiger partial charge in [-0.15, -0.1) is 0 Å². The smallest absolute Gasteiger partial charge is 0.298 e. The second kappa shape index (κ2) is 8.10. The molecule has 1 atom stereocenters. The van der Waals surface area contributed by atoms with Crippen LogP contribution in [0.5, 0.6) is 0 Å². The minimum atomic E-state index is -0.133. The van der Waals surface area contributed by atoms with E-state index in [9.17, 15) is 4.79 Å². The van der Waals surface area contributed by atoms with E-state index in [1.165, 1.54) is 6.34 Å². The SMILES string of the molecule is C=NN(C(C)=NC=NC)[C@@H]1CCCN(C(=O)C#CC)C1. The monoisotopic (exact) mass is 275 g/mol. The summed E-state index contributed by atoms with van der Waals surface area (Å²) in [6, 6.07) is 0.0814. The van der Waals surface area contributed by atoms with Crippen LogP contribution in [0.1, 0.15) is 26.7 Å². The zero-order chi connectivity index (χ0) is 15.0. The highest BCUT2D eigenvalue weighted by atomic mass is 16.2. The van der Waals surface area contributed by atoms with Crippen LogP contribution in [0.3, 0.4) is 0 Å². The summed E-state index contributed by atoms with van der Waals surface area (Å²) in [6.45, 7) is 8.43. The Balaban J connectivity index is 2.80. The van der Waals surface area contributed by atoms with Crippen molar-refractivity contribution in [1.29, 1.82) is 0 Å². The van der Waals surface area contributed by atoms with Crippen molar-refractivity contribution in [1.82, 2.24) is 9.91 Å². The fourth-order valence-corrected chi connectivity index (χ4v) is 2.21. The maximum Gasteiger partial charge on any atom is 0.298 e. The van der Waals surface area contributed by atoms with Crippen molar-refractivity contribution in [3.05, 3.63) is 0 Å². The number of likely N-dealkylation sites (tertiary alicyclic amines) is 1. The van der Waals surface area contributed by atoms with Crippen molar-refractivity contribution in [2.75, 3.05) is 20.1 Å². The second-order valence-corrected chi connectivity index (χ2v) is 4.46. The Labute approximate surface area is 120 Å². The summed E-state index contributed by atoms with van der Waals surface area (Å²) < 4.78 is 0. The number of nitrogens with zero attached hydrogens (tertiary/aromatic N) is 5. The van der Waals surface area contributed by atoms with E-state index in [2.05, 4.69) is 33.6 Å². The van der Waals surface area contributed by atoms with E-state index in [1.807, 2.05) is 6.92 Å². The molecule has 1 heterocycles. The first-order valence-corrected chi connectivity index (χ1v) is 6.56. The maximum atomic E-state index is 11.8. The summed E-state index contributed by atoms with van der Waals surface area (Å²) in [4.78, 5) is 21.6. The highest BCUT2D eigenvalue weighted by Gasteiger charge is 2.27. The predicted octanol–water partition coefficient (Wildman–Crippen LogP) is 0.995. The molecule has 0 aromatic carbocycles. The van der Waals surface area contributed by atoms with Gasteiger partial charge >= 0.3 is 0 Å². The molecular formula is C14H21N5O. The van der Waals surface area contributed by atoms with Crippen LogP contribution in [0.15, 0.2) is 15.1 Å². The van der Waals surface area contributed by atoms with Crippen LogP contribution in [0.4, 0.5) is 0 Å². The zero-order valence-electron chi connectivity index (χ0n) is 12.3. The number of hydrazone groups is 1. The second-order valence-electron chi connectivity index (χ2n) is 4.46.